The van der Waals surface area contributed by atoms with Crippen molar-refractivity contribution in [2.24, 2.45) is 0 Å². The number of hydrogen-bond acceptors (Lipinski definition) is 5. The number of nitrogen functional groups attached to an aromatic ring is 1. The molecule has 1 saturated heterocycles. The summed E-state index contributed by atoms with van der Waals surface area (Å²) >= 11 is 0. The van der Waals surface area contributed by atoms with Gasteiger partial charge in [0.05, 0.1) is 12.2 Å². The quantitative estimate of drug-likeness (QED) is 0.872. The Balaban J connectivity index is 1.54. The van der Waals surface area contributed by atoms with Crippen LogP contribution < -0.4 is 5.73 Å². The van der Waals surface area contributed by atoms with Gasteiger partial charge >= 0.3 is 0 Å². The van der Waals surface area contributed by atoms with Crippen LogP contribution >= 0.6 is 0 Å². The zero-order chi connectivity index (χ0) is 18.1. The van der Waals surface area contributed by atoms with Crippen molar-refractivity contribution in [1.82, 2.24) is 24.6 Å². The van der Waals surface area contributed by atoms with Gasteiger partial charge in [0.2, 0.25) is 0 Å². The highest BCUT2D eigenvalue weighted by Gasteiger charge is 2.26. The summed E-state index contributed by atoms with van der Waals surface area (Å²) in [7, 11) is 0. The van der Waals surface area contributed by atoms with E-state index in [4.69, 9.17) is 5.73 Å². The second kappa shape index (κ2) is 6.78. The Hall–Kier alpha value is -2.90. The Morgan fingerprint density at radius 2 is 1.65 bits per heavy atom. The van der Waals surface area contributed by atoms with E-state index in [2.05, 4.69) is 10.1 Å². The zero-order valence-corrected chi connectivity index (χ0v) is 14.6. The van der Waals surface area contributed by atoms with Crippen LogP contribution in [0.15, 0.2) is 24.4 Å². The molecule has 2 aliphatic rings. The first-order valence-corrected chi connectivity index (χ1v) is 8.98. The third-order valence-electron chi connectivity index (χ3n) is 4.92. The number of pyridine rings is 1. The van der Waals surface area contributed by atoms with Crippen molar-refractivity contribution in [1.29, 1.82) is 0 Å². The number of fused-ring (bicyclic) bond motifs is 1. The average Bonchev–Trinajstić information content (AvgIpc) is 3.27. The predicted molar refractivity (Wildman–Crippen MR) is 95.4 cm³/mol. The molecule has 2 N–H and O–H groups in total. The third kappa shape index (κ3) is 3.14. The first kappa shape index (κ1) is 16.6. The normalized spacial score (nSPS) is 17.1. The second-order valence-electron chi connectivity index (χ2n) is 6.80. The van der Waals surface area contributed by atoms with Crippen molar-refractivity contribution in [3.63, 3.8) is 0 Å². The number of rotatable bonds is 2. The highest BCUT2D eigenvalue weighted by Crippen LogP contribution is 2.19. The van der Waals surface area contributed by atoms with E-state index in [-0.39, 0.29) is 11.8 Å². The molecule has 0 unspecified atom stereocenters. The van der Waals surface area contributed by atoms with Gasteiger partial charge in [-0.2, -0.15) is 5.10 Å². The van der Waals surface area contributed by atoms with E-state index in [9.17, 15) is 9.59 Å². The molecule has 8 nitrogen and oxygen atoms in total. The fraction of sp³-hybridized carbons (Fsp3) is 0.444. The highest BCUT2D eigenvalue weighted by molar-refractivity contribution is 5.93. The summed E-state index contributed by atoms with van der Waals surface area (Å²) in [5.41, 5.74) is 7.97. The first-order valence-electron chi connectivity index (χ1n) is 8.98. The van der Waals surface area contributed by atoms with Crippen LogP contribution in [0.25, 0.3) is 0 Å². The molecule has 0 saturated carbocycles. The van der Waals surface area contributed by atoms with E-state index in [1.165, 1.54) is 6.20 Å². The molecular weight excluding hydrogens is 332 g/mol. The monoisotopic (exact) mass is 354 g/mol. The number of aromatic nitrogens is 3. The van der Waals surface area contributed by atoms with E-state index in [1.54, 1.807) is 17.0 Å². The molecule has 1 fully saturated rings. The molecule has 0 spiro atoms. The van der Waals surface area contributed by atoms with E-state index < -0.39 is 0 Å². The minimum absolute atomic E-state index is 0.0153. The number of carbonyl (C=O) groups is 2. The lowest BCUT2D eigenvalue weighted by atomic mass is 10.2. The minimum atomic E-state index is -0.153. The fourth-order valence-electron chi connectivity index (χ4n) is 3.55. The van der Waals surface area contributed by atoms with Crippen molar-refractivity contribution < 1.29 is 9.59 Å². The van der Waals surface area contributed by atoms with Gasteiger partial charge in [0.1, 0.15) is 5.69 Å². The molecule has 136 valence electrons. The van der Waals surface area contributed by atoms with Crippen LogP contribution in [0.2, 0.25) is 0 Å². The summed E-state index contributed by atoms with van der Waals surface area (Å²) in [4.78, 5) is 33.1. The number of hydrogen-bond donors (Lipinski definition) is 1. The summed E-state index contributed by atoms with van der Waals surface area (Å²) in [6.07, 6.45) is 4.42. The maximum Gasteiger partial charge on any atom is 0.274 e. The van der Waals surface area contributed by atoms with Gasteiger partial charge in [0.15, 0.2) is 5.69 Å². The molecule has 0 aromatic carbocycles. The Kier molecular flexibility index (Phi) is 4.32. The van der Waals surface area contributed by atoms with Crippen LogP contribution in [0.5, 0.6) is 0 Å². The average molecular weight is 354 g/mol. The van der Waals surface area contributed by atoms with Crippen molar-refractivity contribution in [3.8, 4) is 0 Å². The Morgan fingerprint density at radius 1 is 0.923 bits per heavy atom. The summed E-state index contributed by atoms with van der Waals surface area (Å²) in [6.45, 7) is 3.32. The minimum Gasteiger partial charge on any atom is -0.399 e. The molecule has 0 aliphatic carbocycles. The molecule has 0 bridgehead atoms. The van der Waals surface area contributed by atoms with Gasteiger partial charge in [0.25, 0.3) is 11.8 Å². The van der Waals surface area contributed by atoms with Crippen molar-refractivity contribution >= 4 is 17.5 Å². The number of carbonyl (C=O) groups excluding carboxylic acids is 2. The van der Waals surface area contributed by atoms with E-state index >= 15 is 0 Å². The van der Waals surface area contributed by atoms with Gasteiger partial charge in [-0.05, 0) is 37.5 Å². The summed E-state index contributed by atoms with van der Waals surface area (Å²) in [5.74, 6) is -0.169. The summed E-state index contributed by atoms with van der Waals surface area (Å²) in [6, 6.07) is 5.07. The molecule has 2 amide bonds. The van der Waals surface area contributed by atoms with Crippen molar-refractivity contribution in [2.45, 2.75) is 32.4 Å². The molecule has 26 heavy (non-hydrogen) atoms. The topological polar surface area (TPSA) is 97.4 Å². The van der Waals surface area contributed by atoms with Crippen LogP contribution in [-0.4, -0.2) is 56.0 Å². The zero-order valence-electron chi connectivity index (χ0n) is 14.6. The molecule has 4 rings (SSSR count). The maximum absolute atomic E-state index is 12.8. The molecule has 2 aromatic heterocycles. The van der Waals surface area contributed by atoms with Crippen LogP contribution in [0, 0.1) is 0 Å². The molecule has 0 radical (unpaired) electrons. The standard InChI is InChI=1S/C18H22N6O2/c19-13-4-5-20-15(10-13)17(25)23-8-3-9-24-14(12-23)11-16(21-24)18(26)22-6-1-2-7-22/h4-5,10-11H,1-3,6-9,12H2,(H2,19,20). The van der Waals surface area contributed by atoms with Crippen LogP contribution in [-0.2, 0) is 13.1 Å². The number of amides is 2. The molecule has 2 aliphatic heterocycles. The SMILES string of the molecule is Nc1ccnc(C(=O)N2CCCn3nc(C(=O)N4CCCC4)cc3C2)c1. The van der Waals surface area contributed by atoms with Crippen molar-refractivity contribution in [3.05, 3.63) is 41.5 Å². The lowest BCUT2D eigenvalue weighted by molar-refractivity contribution is 0.0739. The number of anilines is 1. The van der Waals surface area contributed by atoms with Crippen LogP contribution in [0.3, 0.4) is 0 Å². The van der Waals surface area contributed by atoms with E-state index in [1.807, 2.05) is 15.6 Å². The number of nitrogens with zero attached hydrogens (tertiary/aromatic N) is 5. The number of likely N-dealkylation sites (tertiary alicyclic amines) is 1. The molecule has 2 aromatic rings. The second-order valence-corrected chi connectivity index (χ2v) is 6.80. The van der Waals surface area contributed by atoms with Gasteiger partial charge < -0.3 is 15.5 Å². The molecule has 0 atom stereocenters. The summed E-state index contributed by atoms with van der Waals surface area (Å²) in [5, 5.41) is 4.49. The fourth-order valence-corrected chi connectivity index (χ4v) is 3.55. The Morgan fingerprint density at radius 3 is 2.42 bits per heavy atom. The largest absolute Gasteiger partial charge is 0.399 e. The Bertz CT molecular complexity index is 840. The van der Waals surface area contributed by atoms with Crippen molar-refractivity contribution in [2.75, 3.05) is 25.4 Å². The lowest BCUT2D eigenvalue weighted by Gasteiger charge is -2.19. The summed E-state index contributed by atoms with van der Waals surface area (Å²) < 4.78 is 1.85. The molecule has 4 heterocycles. The highest BCUT2D eigenvalue weighted by atomic mass is 16.2. The van der Waals surface area contributed by atoms with Crippen LogP contribution in [0.1, 0.15) is 45.9 Å². The molecule has 8 heteroatoms. The van der Waals surface area contributed by atoms with Crippen LogP contribution in [0.4, 0.5) is 5.69 Å². The van der Waals surface area contributed by atoms with Gasteiger partial charge in [-0.1, -0.05) is 0 Å². The van der Waals surface area contributed by atoms with E-state index in [0.717, 1.165) is 38.0 Å². The number of nitrogens with two attached hydrogens (primary N) is 1. The lowest BCUT2D eigenvalue weighted by Crippen LogP contribution is -2.31. The smallest absolute Gasteiger partial charge is 0.274 e. The predicted octanol–water partition coefficient (Wildman–Crippen LogP) is 1.14. The first-order chi connectivity index (χ1) is 12.6. The van der Waals surface area contributed by atoms with Gasteiger partial charge in [-0.3, -0.25) is 19.3 Å². The van der Waals surface area contributed by atoms with E-state index in [0.29, 0.717) is 36.7 Å². The van der Waals surface area contributed by atoms with Gasteiger partial charge in [-0.15, -0.1) is 0 Å². The van der Waals surface area contributed by atoms with Gasteiger partial charge in [-0.25, -0.2) is 0 Å². The maximum atomic E-state index is 12.8. The third-order valence-corrected chi connectivity index (χ3v) is 4.92. The van der Waals surface area contributed by atoms with Gasteiger partial charge in [0, 0.05) is 38.1 Å². The molecular formula is C18H22N6O2. The number of aryl methyl sites for hydroxylation is 1. The Labute approximate surface area is 151 Å².